The quantitative estimate of drug-likeness (QED) is 0.750. The van der Waals surface area contributed by atoms with Crippen molar-refractivity contribution in [2.24, 2.45) is 0 Å². The summed E-state index contributed by atoms with van der Waals surface area (Å²) in [5, 5.41) is 6.34. The van der Waals surface area contributed by atoms with Crippen LogP contribution in [-0.4, -0.2) is 48.2 Å². The standard InChI is InChI=1S/C21H28N4O2.2ClH/c1-21(2,3)16-6-8-17(9-7-16)24-20(26)25-12-11-23-13-18(25)15-27-19-5-4-10-22-14-19;;/h4-10,14,18,23H,11-13,15H2,1-3H3,(H,24,26);2*1H. The Kier molecular flexibility index (Phi) is 9.70. The van der Waals surface area contributed by atoms with E-state index in [0.29, 0.717) is 25.4 Å². The van der Waals surface area contributed by atoms with E-state index in [2.05, 4.69) is 48.5 Å². The summed E-state index contributed by atoms with van der Waals surface area (Å²) in [4.78, 5) is 18.7. The first kappa shape index (κ1) is 25.0. The van der Waals surface area contributed by atoms with Gasteiger partial charge in [-0.05, 0) is 35.2 Å². The number of aromatic nitrogens is 1. The molecule has 160 valence electrons. The van der Waals surface area contributed by atoms with E-state index < -0.39 is 0 Å². The number of pyridine rings is 1. The summed E-state index contributed by atoms with van der Waals surface area (Å²) < 4.78 is 5.81. The lowest BCUT2D eigenvalue weighted by Crippen LogP contribution is -2.57. The highest BCUT2D eigenvalue weighted by Crippen LogP contribution is 2.23. The smallest absolute Gasteiger partial charge is 0.322 e. The van der Waals surface area contributed by atoms with Crippen LogP contribution < -0.4 is 15.4 Å². The van der Waals surface area contributed by atoms with Crippen LogP contribution in [0.4, 0.5) is 10.5 Å². The van der Waals surface area contributed by atoms with Gasteiger partial charge in [0.05, 0.1) is 12.2 Å². The largest absolute Gasteiger partial charge is 0.490 e. The van der Waals surface area contributed by atoms with E-state index in [9.17, 15) is 4.79 Å². The second-order valence-corrected chi connectivity index (χ2v) is 7.81. The molecule has 0 radical (unpaired) electrons. The van der Waals surface area contributed by atoms with E-state index in [4.69, 9.17) is 4.74 Å². The lowest BCUT2D eigenvalue weighted by Gasteiger charge is -2.36. The number of ether oxygens (including phenoxy) is 1. The maximum Gasteiger partial charge on any atom is 0.322 e. The van der Waals surface area contributed by atoms with Crippen molar-refractivity contribution in [2.45, 2.75) is 32.2 Å². The normalized spacial score (nSPS) is 16.2. The van der Waals surface area contributed by atoms with Crippen molar-refractivity contribution in [1.29, 1.82) is 0 Å². The van der Waals surface area contributed by atoms with Crippen LogP contribution in [-0.2, 0) is 5.41 Å². The second-order valence-electron chi connectivity index (χ2n) is 7.81. The number of piperazine rings is 1. The van der Waals surface area contributed by atoms with Crippen molar-refractivity contribution in [3.63, 3.8) is 0 Å². The molecule has 1 aromatic carbocycles. The average molecular weight is 441 g/mol. The Bertz CT molecular complexity index is 752. The summed E-state index contributed by atoms with van der Waals surface area (Å²) in [5.41, 5.74) is 2.14. The Morgan fingerprint density at radius 2 is 1.97 bits per heavy atom. The van der Waals surface area contributed by atoms with E-state index >= 15 is 0 Å². The van der Waals surface area contributed by atoms with Gasteiger partial charge in [0.25, 0.3) is 0 Å². The highest BCUT2D eigenvalue weighted by atomic mass is 35.5. The van der Waals surface area contributed by atoms with Crippen LogP contribution in [0.5, 0.6) is 5.75 Å². The van der Waals surface area contributed by atoms with Crippen LogP contribution in [0.15, 0.2) is 48.8 Å². The molecule has 2 aromatic rings. The minimum Gasteiger partial charge on any atom is -0.490 e. The van der Waals surface area contributed by atoms with Gasteiger partial charge in [0.1, 0.15) is 12.4 Å². The summed E-state index contributed by atoms with van der Waals surface area (Å²) in [6, 6.07) is 11.6. The van der Waals surface area contributed by atoms with E-state index in [1.54, 1.807) is 12.4 Å². The molecule has 1 aliphatic rings. The van der Waals surface area contributed by atoms with Gasteiger partial charge in [-0.25, -0.2) is 4.79 Å². The first-order chi connectivity index (χ1) is 12.9. The molecular formula is C21H30Cl2N4O2. The van der Waals surface area contributed by atoms with Crippen LogP contribution in [0.1, 0.15) is 26.3 Å². The number of carbonyl (C=O) groups excluding carboxylic acids is 1. The first-order valence-corrected chi connectivity index (χ1v) is 9.35. The fourth-order valence-electron chi connectivity index (χ4n) is 3.05. The third-order valence-corrected chi connectivity index (χ3v) is 4.69. The molecule has 1 atom stereocenters. The molecule has 2 amide bonds. The van der Waals surface area contributed by atoms with Gasteiger partial charge >= 0.3 is 6.03 Å². The molecular weight excluding hydrogens is 411 g/mol. The number of carbonyl (C=O) groups is 1. The van der Waals surface area contributed by atoms with Crippen LogP contribution in [0.3, 0.4) is 0 Å². The lowest BCUT2D eigenvalue weighted by molar-refractivity contribution is 0.133. The molecule has 1 unspecified atom stereocenters. The monoisotopic (exact) mass is 440 g/mol. The van der Waals surface area contributed by atoms with Crippen molar-refractivity contribution >= 4 is 36.5 Å². The Hall–Kier alpha value is -2.02. The predicted octanol–water partition coefficient (Wildman–Crippen LogP) is 4.11. The molecule has 29 heavy (non-hydrogen) atoms. The topological polar surface area (TPSA) is 66.5 Å². The zero-order chi connectivity index (χ0) is 19.3. The van der Waals surface area contributed by atoms with E-state index in [1.165, 1.54) is 5.56 Å². The molecule has 1 fully saturated rings. The number of urea groups is 1. The molecule has 6 nitrogen and oxygen atoms in total. The molecule has 2 heterocycles. The molecule has 0 saturated carbocycles. The average Bonchev–Trinajstić information content (AvgIpc) is 2.67. The molecule has 0 bridgehead atoms. The van der Waals surface area contributed by atoms with Gasteiger partial charge in [-0.2, -0.15) is 0 Å². The van der Waals surface area contributed by atoms with E-state index in [-0.39, 0.29) is 42.3 Å². The van der Waals surface area contributed by atoms with Crippen molar-refractivity contribution in [1.82, 2.24) is 15.2 Å². The molecule has 8 heteroatoms. The number of amides is 2. The number of benzene rings is 1. The summed E-state index contributed by atoms with van der Waals surface area (Å²) in [6.45, 7) is 9.08. The summed E-state index contributed by atoms with van der Waals surface area (Å²) in [5.74, 6) is 0.709. The third kappa shape index (κ3) is 7.07. The number of rotatable bonds is 4. The molecule has 0 spiro atoms. The minimum atomic E-state index is -0.0974. The van der Waals surface area contributed by atoms with Crippen molar-refractivity contribution < 1.29 is 9.53 Å². The predicted molar refractivity (Wildman–Crippen MR) is 122 cm³/mol. The first-order valence-electron chi connectivity index (χ1n) is 9.35. The Balaban J connectivity index is 0.00000210. The van der Waals surface area contributed by atoms with Gasteiger partial charge in [-0.15, -0.1) is 24.8 Å². The van der Waals surface area contributed by atoms with Crippen LogP contribution >= 0.6 is 24.8 Å². The van der Waals surface area contributed by atoms with Crippen LogP contribution in [0.2, 0.25) is 0 Å². The Labute approximate surface area is 185 Å². The highest BCUT2D eigenvalue weighted by molar-refractivity contribution is 5.89. The lowest BCUT2D eigenvalue weighted by atomic mass is 9.87. The zero-order valence-corrected chi connectivity index (χ0v) is 18.7. The number of halogens is 2. The summed E-state index contributed by atoms with van der Waals surface area (Å²) >= 11 is 0. The third-order valence-electron chi connectivity index (χ3n) is 4.69. The van der Waals surface area contributed by atoms with E-state index in [1.807, 2.05) is 29.2 Å². The van der Waals surface area contributed by atoms with Gasteiger partial charge in [0.2, 0.25) is 0 Å². The van der Waals surface area contributed by atoms with Gasteiger partial charge in [-0.3, -0.25) is 4.98 Å². The highest BCUT2D eigenvalue weighted by Gasteiger charge is 2.27. The number of anilines is 1. The molecule has 3 rings (SSSR count). The molecule has 1 saturated heterocycles. The maximum absolute atomic E-state index is 12.8. The van der Waals surface area contributed by atoms with Crippen molar-refractivity contribution in [2.75, 3.05) is 31.6 Å². The summed E-state index contributed by atoms with van der Waals surface area (Å²) in [7, 11) is 0. The molecule has 2 N–H and O–H groups in total. The summed E-state index contributed by atoms with van der Waals surface area (Å²) in [6.07, 6.45) is 3.39. The fourth-order valence-corrected chi connectivity index (χ4v) is 3.05. The van der Waals surface area contributed by atoms with Gasteiger partial charge in [-0.1, -0.05) is 32.9 Å². The van der Waals surface area contributed by atoms with Crippen LogP contribution in [0.25, 0.3) is 0 Å². The van der Waals surface area contributed by atoms with Gasteiger partial charge < -0.3 is 20.3 Å². The van der Waals surface area contributed by atoms with Crippen molar-refractivity contribution in [3.05, 3.63) is 54.4 Å². The van der Waals surface area contributed by atoms with E-state index in [0.717, 1.165) is 12.2 Å². The fraction of sp³-hybridized carbons (Fsp3) is 0.429. The maximum atomic E-state index is 12.8. The second kappa shape index (κ2) is 11.2. The Morgan fingerprint density at radius 3 is 2.59 bits per heavy atom. The Morgan fingerprint density at radius 1 is 1.24 bits per heavy atom. The van der Waals surface area contributed by atoms with Crippen molar-refractivity contribution in [3.8, 4) is 5.75 Å². The molecule has 0 aliphatic carbocycles. The van der Waals surface area contributed by atoms with Gasteiger partial charge in [0, 0.05) is 31.5 Å². The zero-order valence-electron chi connectivity index (χ0n) is 17.1. The van der Waals surface area contributed by atoms with Crippen LogP contribution in [0, 0.1) is 0 Å². The number of hydrogen-bond donors (Lipinski definition) is 2. The molecule has 1 aromatic heterocycles. The SMILES string of the molecule is CC(C)(C)c1ccc(NC(=O)N2CCNCC2COc2cccnc2)cc1.Cl.Cl. The number of nitrogens with one attached hydrogen (secondary N) is 2. The minimum absolute atomic E-state index is 0. The van der Waals surface area contributed by atoms with Gasteiger partial charge in [0.15, 0.2) is 0 Å². The molecule has 1 aliphatic heterocycles. The number of nitrogens with zero attached hydrogens (tertiary/aromatic N) is 2. The number of hydrogen-bond acceptors (Lipinski definition) is 4.